The van der Waals surface area contributed by atoms with Gasteiger partial charge in [-0.05, 0) is 50.3 Å². The first kappa shape index (κ1) is 23.3. The summed E-state index contributed by atoms with van der Waals surface area (Å²) >= 11 is 0. The number of carboxylic acids is 1. The highest BCUT2D eigenvalue weighted by molar-refractivity contribution is 5.86. The summed E-state index contributed by atoms with van der Waals surface area (Å²) in [6, 6.07) is 5.44. The largest absolute Gasteiger partial charge is 0.493 e. The van der Waals surface area contributed by atoms with Gasteiger partial charge in [0.25, 0.3) is 0 Å². The third-order valence-corrected chi connectivity index (χ3v) is 3.74. The van der Waals surface area contributed by atoms with Crippen LogP contribution in [0.15, 0.2) is 24.3 Å². The van der Waals surface area contributed by atoms with Crippen LogP contribution in [0.5, 0.6) is 5.75 Å². The summed E-state index contributed by atoms with van der Waals surface area (Å²) in [6.07, 6.45) is 7.17. The van der Waals surface area contributed by atoms with Crippen LogP contribution in [0.1, 0.15) is 56.6 Å². The molecule has 6 heteroatoms. The lowest BCUT2D eigenvalue weighted by molar-refractivity contribution is -0.141. The minimum atomic E-state index is -1.04. The van der Waals surface area contributed by atoms with Gasteiger partial charge in [0.15, 0.2) is 0 Å². The average molecular weight is 388 g/mol. The van der Waals surface area contributed by atoms with E-state index >= 15 is 0 Å². The fraction of sp³-hybridized carbons (Fsp3) is 0.455. The maximum atomic E-state index is 10.9. The molecular formula is C22H28O6. The van der Waals surface area contributed by atoms with Crippen LogP contribution < -0.4 is 4.74 Å². The molecule has 152 valence electrons. The number of benzene rings is 1. The molecule has 2 N–H and O–H groups in total. The van der Waals surface area contributed by atoms with Crippen LogP contribution in [-0.4, -0.2) is 42.0 Å². The SMILES string of the molecule is CC(=O)OCCCCCOc1cccc(C#CCCCCO)c1/C=C/C(=O)O. The van der Waals surface area contributed by atoms with E-state index in [1.807, 2.05) is 12.1 Å². The first-order valence-electron chi connectivity index (χ1n) is 9.44. The molecule has 0 bridgehead atoms. The second-order valence-corrected chi connectivity index (χ2v) is 6.12. The molecule has 0 heterocycles. The first-order valence-corrected chi connectivity index (χ1v) is 9.44. The minimum absolute atomic E-state index is 0.151. The lowest BCUT2D eigenvalue weighted by Crippen LogP contribution is -2.03. The smallest absolute Gasteiger partial charge is 0.328 e. The number of aliphatic hydroxyl groups excluding tert-OH is 1. The Hall–Kier alpha value is -2.78. The molecule has 1 aromatic carbocycles. The van der Waals surface area contributed by atoms with Gasteiger partial charge in [0.05, 0.1) is 13.2 Å². The quantitative estimate of drug-likeness (QED) is 0.247. The van der Waals surface area contributed by atoms with Crippen LogP contribution in [0, 0.1) is 11.8 Å². The molecule has 6 nitrogen and oxygen atoms in total. The van der Waals surface area contributed by atoms with Crippen molar-refractivity contribution < 1.29 is 29.3 Å². The number of carbonyl (C=O) groups is 2. The minimum Gasteiger partial charge on any atom is -0.493 e. The molecule has 0 aliphatic rings. The van der Waals surface area contributed by atoms with Crippen molar-refractivity contribution in [1.82, 2.24) is 0 Å². The first-order chi connectivity index (χ1) is 13.5. The zero-order valence-corrected chi connectivity index (χ0v) is 16.3. The summed E-state index contributed by atoms with van der Waals surface area (Å²) in [5.41, 5.74) is 1.34. The van der Waals surface area contributed by atoms with Gasteiger partial charge in [-0.2, -0.15) is 0 Å². The van der Waals surface area contributed by atoms with E-state index in [2.05, 4.69) is 11.8 Å². The van der Waals surface area contributed by atoms with E-state index in [-0.39, 0.29) is 12.6 Å². The number of hydrogen-bond acceptors (Lipinski definition) is 5. The van der Waals surface area contributed by atoms with Gasteiger partial charge < -0.3 is 19.7 Å². The molecule has 1 rings (SSSR count). The zero-order valence-electron chi connectivity index (χ0n) is 16.3. The fourth-order valence-electron chi connectivity index (χ4n) is 2.37. The van der Waals surface area contributed by atoms with Crippen molar-refractivity contribution in [2.45, 2.75) is 45.4 Å². The normalized spacial score (nSPS) is 10.4. The molecule has 0 amide bonds. The number of aliphatic hydroxyl groups is 1. The molecule has 0 radical (unpaired) electrons. The Kier molecular flexibility index (Phi) is 11.9. The molecule has 0 aliphatic heterocycles. The van der Waals surface area contributed by atoms with Crippen LogP contribution in [0.4, 0.5) is 0 Å². The maximum absolute atomic E-state index is 10.9. The number of esters is 1. The van der Waals surface area contributed by atoms with Gasteiger partial charge in [-0.3, -0.25) is 4.79 Å². The second-order valence-electron chi connectivity index (χ2n) is 6.12. The van der Waals surface area contributed by atoms with Crippen LogP contribution in [-0.2, 0) is 14.3 Å². The summed E-state index contributed by atoms with van der Waals surface area (Å²) in [7, 11) is 0. The van der Waals surface area contributed by atoms with Crippen molar-refractivity contribution in [1.29, 1.82) is 0 Å². The number of carbonyl (C=O) groups excluding carboxylic acids is 1. The summed E-state index contributed by atoms with van der Waals surface area (Å²) in [5.74, 6) is 5.38. The monoisotopic (exact) mass is 388 g/mol. The standard InChI is InChI=1S/C22H28O6/c1-18(24)27-16-7-4-8-17-28-21-12-9-11-19(10-5-2-3-6-15-23)20(21)13-14-22(25)26/h9,11-14,23H,2-4,6-8,15-17H2,1H3,(H,25,26)/b14-13+. The average Bonchev–Trinajstić information content (AvgIpc) is 2.65. The molecule has 0 fully saturated rings. The number of rotatable bonds is 12. The zero-order chi connectivity index (χ0) is 20.6. The number of ether oxygens (including phenoxy) is 2. The second kappa shape index (κ2) is 14.3. The van der Waals surface area contributed by atoms with E-state index in [9.17, 15) is 9.59 Å². The van der Waals surface area contributed by atoms with Crippen molar-refractivity contribution >= 4 is 18.0 Å². The van der Waals surface area contributed by atoms with Crippen LogP contribution in [0.2, 0.25) is 0 Å². The summed E-state index contributed by atoms with van der Waals surface area (Å²) < 4.78 is 10.7. The van der Waals surface area contributed by atoms with E-state index < -0.39 is 5.97 Å². The number of hydrogen-bond donors (Lipinski definition) is 2. The van der Waals surface area contributed by atoms with E-state index in [1.54, 1.807) is 6.07 Å². The molecule has 0 spiro atoms. The molecule has 1 aromatic rings. The van der Waals surface area contributed by atoms with Gasteiger partial charge in [0, 0.05) is 37.2 Å². The third-order valence-electron chi connectivity index (χ3n) is 3.74. The van der Waals surface area contributed by atoms with E-state index in [0.29, 0.717) is 42.9 Å². The number of aliphatic carboxylic acids is 1. The summed E-state index contributed by atoms with van der Waals surface area (Å²) in [6.45, 7) is 2.42. The molecule has 0 aromatic heterocycles. The van der Waals surface area contributed by atoms with E-state index in [0.717, 1.165) is 31.8 Å². The Morgan fingerprint density at radius 1 is 1.11 bits per heavy atom. The Morgan fingerprint density at radius 2 is 1.89 bits per heavy atom. The van der Waals surface area contributed by atoms with Gasteiger partial charge in [-0.15, -0.1) is 0 Å². The molecule has 0 unspecified atom stereocenters. The predicted molar refractivity (Wildman–Crippen MR) is 107 cm³/mol. The molecule has 28 heavy (non-hydrogen) atoms. The third kappa shape index (κ3) is 10.4. The van der Waals surface area contributed by atoms with Gasteiger partial charge in [0.1, 0.15) is 5.75 Å². The highest BCUT2D eigenvalue weighted by Gasteiger charge is 2.06. The molecule has 0 aliphatic carbocycles. The van der Waals surface area contributed by atoms with Crippen LogP contribution in [0.3, 0.4) is 0 Å². The Bertz CT molecular complexity index is 711. The van der Waals surface area contributed by atoms with Gasteiger partial charge in [0.2, 0.25) is 0 Å². The van der Waals surface area contributed by atoms with E-state index in [1.165, 1.54) is 13.0 Å². The predicted octanol–water partition coefficient (Wildman–Crippen LogP) is 3.41. The number of unbranched alkanes of at least 4 members (excludes halogenated alkanes) is 4. The highest BCUT2D eigenvalue weighted by Crippen LogP contribution is 2.24. The lowest BCUT2D eigenvalue weighted by Gasteiger charge is -2.11. The summed E-state index contributed by atoms with van der Waals surface area (Å²) in [5, 5.41) is 17.8. The Balaban J connectivity index is 2.71. The molecule has 0 saturated carbocycles. The summed E-state index contributed by atoms with van der Waals surface area (Å²) in [4.78, 5) is 21.6. The van der Waals surface area contributed by atoms with Crippen molar-refractivity contribution in [3.63, 3.8) is 0 Å². The van der Waals surface area contributed by atoms with Crippen molar-refractivity contribution in [3.8, 4) is 17.6 Å². The van der Waals surface area contributed by atoms with Crippen LogP contribution >= 0.6 is 0 Å². The van der Waals surface area contributed by atoms with Crippen molar-refractivity contribution in [2.75, 3.05) is 19.8 Å². The van der Waals surface area contributed by atoms with Crippen molar-refractivity contribution in [2.24, 2.45) is 0 Å². The lowest BCUT2D eigenvalue weighted by atomic mass is 10.1. The van der Waals surface area contributed by atoms with E-state index in [4.69, 9.17) is 19.7 Å². The Morgan fingerprint density at radius 3 is 2.61 bits per heavy atom. The van der Waals surface area contributed by atoms with Gasteiger partial charge in [-0.25, -0.2) is 4.79 Å². The van der Waals surface area contributed by atoms with Gasteiger partial charge >= 0.3 is 11.9 Å². The molecule has 0 atom stereocenters. The topological polar surface area (TPSA) is 93.1 Å². The fourth-order valence-corrected chi connectivity index (χ4v) is 2.37. The molecule has 0 saturated heterocycles. The Labute approximate surface area is 166 Å². The van der Waals surface area contributed by atoms with Crippen LogP contribution in [0.25, 0.3) is 6.08 Å². The van der Waals surface area contributed by atoms with Crippen molar-refractivity contribution in [3.05, 3.63) is 35.4 Å². The highest BCUT2D eigenvalue weighted by atomic mass is 16.5. The van der Waals surface area contributed by atoms with Gasteiger partial charge in [-0.1, -0.05) is 17.9 Å². The molecular weight excluding hydrogens is 360 g/mol. The number of carboxylic acid groups (broad SMARTS) is 1. The maximum Gasteiger partial charge on any atom is 0.328 e.